The van der Waals surface area contributed by atoms with Crippen LogP contribution in [0.3, 0.4) is 0 Å². The molecule has 5 heteroatoms. The van der Waals surface area contributed by atoms with E-state index in [0.717, 1.165) is 22.3 Å². The molecule has 0 saturated carbocycles. The molecule has 0 aromatic heterocycles. The van der Waals surface area contributed by atoms with Crippen LogP contribution in [0.2, 0.25) is 0 Å². The number of amides is 1. The van der Waals surface area contributed by atoms with Crippen molar-refractivity contribution >= 4 is 15.9 Å². The van der Waals surface area contributed by atoms with Crippen molar-refractivity contribution in [1.29, 1.82) is 0 Å². The van der Waals surface area contributed by atoms with Gasteiger partial charge >= 0.3 is 0 Å². The second-order valence-electron chi connectivity index (χ2n) is 6.74. The van der Waals surface area contributed by atoms with E-state index < -0.39 is 15.9 Å². The number of rotatable bonds is 5. The molecule has 0 unspecified atom stereocenters. The average molecular weight is 413 g/mol. The Morgan fingerprint density at radius 3 is 1.60 bits per heavy atom. The largest absolute Gasteiger partial charge is 0.268 e. The van der Waals surface area contributed by atoms with Crippen LogP contribution < -0.4 is 4.72 Å². The van der Waals surface area contributed by atoms with Gasteiger partial charge in [0.15, 0.2) is 0 Å². The van der Waals surface area contributed by atoms with E-state index in [4.69, 9.17) is 0 Å². The summed E-state index contributed by atoms with van der Waals surface area (Å²) < 4.78 is 27.4. The molecule has 0 saturated heterocycles. The summed E-state index contributed by atoms with van der Waals surface area (Å²) in [5.41, 5.74) is 4.32. The first kappa shape index (κ1) is 19.6. The standard InChI is InChI=1S/C25H19NO3S/c27-25(21-11-5-2-6-12-21)26-30(28,29)22-17-15-20(16-18-22)24-14-8-7-13-23(24)19-9-3-1-4-10-19/h1-18H,(H,26,27). The Labute approximate surface area is 175 Å². The molecule has 0 heterocycles. The molecule has 0 atom stereocenters. The maximum absolute atomic E-state index is 12.6. The van der Waals surface area contributed by atoms with Crippen molar-refractivity contribution in [3.8, 4) is 22.3 Å². The van der Waals surface area contributed by atoms with Crippen LogP contribution in [0.4, 0.5) is 0 Å². The number of carbonyl (C=O) groups excluding carboxylic acids is 1. The van der Waals surface area contributed by atoms with E-state index in [0.29, 0.717) is 0 Å². The molecule has 148 valence electrons. The summed E-state index contributed by atoms with van der Waals surface area (Å²) in [6, 6.07) is 32.8. The minimum atomic E-state index is -3.97. The van der Waals surface area contributed by atoms with Gasteiger partial charge in [-0.05, 0) is 46.5 Å². The van der Waals surface area contributed by atoms with Crippen LogP contribution >= 0.6 is 0 Å². The first-order valence-electron chi connectivity index (χ1n) is 9.42. The second-order valence-corrected chi connectivity index (χ2v) is 8.42. The van der Waals surface area contributed by atoms with Crippen LogP contribution in [0, 0.1) is 0 Å². The maximum Gasteiger partial charge on any atom is 0.264 e. The highest BCUT2D eigenvalue weighted by Gasteiger charge is 2.19. The molecule has 0 aliphatic rings. The summed E-state index contributed by atoms with van der Waals surface area (Å²) in [5.74, 6) is -0.658. The van der Waals surface area contributed by atoms with Gasteiger partial charge in [-0.2, -0.15) is 0 Å². The number of sulfonamides is 1. The van der Waals surface area contributed by atoms with Gasteiger partial charge in [0.2, 0.25) is 0 Å². The summed E-state index contributed by atoms with van der Waals surface area (Å²) in [7, 11) is -3.97. The smallest absolute Gasteiger partial charge is 0.264 e. The zero-order valence-corrected chi connectivity index (χ0v) is 16.8. The molecule has 4 rings (SSSR count). The lowest BCUT2D eigenvalue weighted by atomic mass is 9.95. The quantitative estimate of drug-likeness (QED) is 0.493. The highest BCUT2D eigenvalue weighted by Crippen LogP contribution is 2.32. The third kappa shape index (κ3) is 4.16. The van der Waals surface area contributed by atoms with Gasteiger partial charge in [-0.15, -0.1) is 0 Å². The van der Waals surface area contributed by atoms with Crippen LogP contribution in [-0.4, -0.2) is 14.3 Å². The Balaban J connectivity index is 1.62. The van der Waals surface area contributed by atoms with E-state index in [2.05, 4.69) is 4.72 Å². The molecule has 4 aromatic carbocycles. The Morgan fingerprint density at radius 2 is 1.03 bits per heavy atom. The van der Waals surface area contributed by atoms with Gasteiger partial charge in [0.1, 0.15) is 0 Å². The van der Waals surface area contributed by atoms with E-state index in [1.54, 1.807) is 42.5 Å². The van der Waals surface area contributed by atoms with Crippen LogP contribution in [0.1, 0.15) is 10.4 Å². The predicted molar refractivity (Wildman–Crippen MR) is 118 cm³/mol. The molecule has 0 radical (unpaired) electrons. The zero-order chi connectivity index (χ0) is 21.0. The molecular formula is C25H19NO3S. The molecule has 0 aliphatic heterocycles. The molecule has 0 spiro atoms. The summed E-state index contributed by atoms with van der Waals surface area (Å²) in [5, 5.41) is 0. The summed E-state index contributed by atoms with van der Waals surface area (Å²) in [6.45, 7) is 0. The lowest BCUT2D eigenvalue weighted by Crippen LogP contribution is -2.30. The van der Waals surface area contributed by atoms with E-state index in [9.17, 15) is 13.2 Å². The Kier molecular flexibility index (Phi) is 5.46. The number of hydrogen-bond acceptors (Lipinski definition) is 3. The minimum absolute atomic E-state index is 0.0349. The molecule has 0 bridgehead atoms. The molecule has 0 aliphatic carbocycles. The average Bonchev–Trinajstić information content (AvgIpc) is 2.80. The fourth-order valence-corrected chi connectivity index (χ4v) is 4.22. The predicted octanol–water partition coefficient (Wildman–Crippen LogP) is 5.14. The third-order valence-electron chi connectivity index (χ3n) is 4.75. The maximum atomic E-state index is 12.6. The van der Waals surface area contributed by atoms with E-state index >= 15 is 0 Å². The van der Waals surface area contributed by atoms with Crippen LogP contribution in [0.25, 0.3) is 22.3 Å². The number of hydrogen-bond donors (Lipinski definition) is 1. The molecule has 30 heavy (non-hydrogen) atoms. The molecule has 0 fully saturated rings. The van der Waals surface area contributed by atoms with Gasteiger partial charge in [-0.1, -0.05) is 84.9 Å². The lowest BCUT2D eigenvalue weighted by molar-refractivity contribution is 0.0981. The number of carbonyl (C=O) groups is 1. The van der Waals surface area contributed by atoms with Crippen molar-refractivity contribution < 1.29 is 13.2 Å². The van der Waals surface area contributed by atoms with Crippen molar-refractivity contribution in [3.05, 3.63) is 115 Å². The van der Waals surface area contributed by atoms with Crippen LogP contribution in [0.15, 0.2) is 114 Å². The lowest BCUT2D eigenvalue weighted by Gasteiger charge is -2.11. The first-order valence-corrected chi connectivity index (χ1v) is 10.9. The van der Waals surface area contributed by atoms with Gasteiger partial charge in [0.25, 0.3) is 15.9 Å². The van der Waals surface area contributed by atoms with Gasteiger partial charge < -0.3 is 0 Å². The van der Waals surface area contributed by atoms with Gasteiger partial charge in [0.05, 0.1) is 4.90 Å². The fourth-order valence-electron chi connectivity index (χ4n) is 3.25. The number of nitrogens with one attached hydrogen (secondary N) is 1. The Bertz CT molecular complexity index is 1270. The first-order chi connectivity index (χ1) is 14.5. The van der Waals surface area contributed by atoms with E-state index in [1.807, 2.05) is 54.6 Å². The van der Waals surface area contributed by atoms with Crippen molar-refractivity contribution in [1.82, 2.24) is 4.72 Å². The number of benzene rings is 4. The van der Waals surface area contributed by atoms with Crippen molar-refractivity contribution in [3.63, 3.8) is 0 Å². The fraction of sp³-hybridized carbons (Fsp3) is 0. The molecular weight excluding hydrogens is 394 g/mol. The van der Waals surface area contributed by atoms with Crippen molar-refractivity contribution in [2.75, 3.05) is 0 Å². The second kappa shape index (κ2) is 8.35. The Hall–Kier alpha value is -3.70. The van der Waals surface area contributed by atoms with Crippen LogP contribution in [-0.2, 0) is 10.0 Å². The van der Waals surface area contributed by atoms with E-state index in [1.165, 1.54) is 12.1 Å². The monoisotopic (exact) mass is 413 g/mol. The van der Waals surface area contributed by atoms with Crippen molar-refractivity contribution in [2.45, 2.75) is 4.90 Å². The Morgan fingerprint density at radius 1 is 0.567 bits per heavy atom. The van der Waals surface area contributed by atoms with Gasteiger partial charge in [0, 0.05) is 5.56 Å². The third-order valence-corrected chi connectivity index (χ3v) is 6.10. The summed E-state index contributed by atoms with van der Waals surface area (Å²) in [6.07, 6.45) is 0. The molecule has 1 amide bonds. The highest BCUT2D eigenvalue weighted by atomic mass is 32.2. The minimum Gasteiger partial charge on any atom is -0.268 e. The zero-order valence-electron chi connectivity index (χ0n) is 16.0. The van der Waals surface area contributed by atoms with E-state index in [-0.39, 0.29) is 10.5 Å². The topological polar surface area (TPSA) is 63.2 Å². The molecule has 4 aromatic rings. The molecule has 1 N–H and O–H groups in total. The molecule has 4 nitrogen and oxygen atoms in total. The van der Waals surface area contributed by atoms with Crippen molar-refractivity contribution in [2.24, 2.45) is 0 Å². The highest BCUT2D eigenvalue weighted by molar-refractivity contribution is 7.90. The normalized spacial score (nSPS) is 11.1. The van der Waals surface area contributed by atoms with Gasteiger partial charge in [-0.25, -0.2) is 13.1 Å². The van der Waals surface area contributed by atoms with Crippen LogP contribution in [0.5, 0.6) is 0 Å². The SMILES string of the molecule is O=C(NS(=O)(=O)c1ccc(-c2ccccc2-c2ccccc2)cc1)c1ccccc1. The summed E-state index contributed by atoms with van der Waals surface area (Å²) >= 11 is 0. The van der Waals surface area contributed by atoms with Gasteiger partial charge in [-0.3, -0.25) is 4.79 Å². The summed E-state index contributed by atoms with van der Waals surface area (Å²) in [4.78, 5) is 12.3.